The molecule has 5 aromatic heterocycles. The number of rotatable bonds is 5. The van der Waals surface area contributed by atoms with E-state index in [0.29, 0.717) is 39.6 Å². The lowest BCUT2D eigenvalue weighted by molar-refractivity contribution is -0.116. The first-order valence-electron chi connectivity index (χ1n) is 11.9. The number of anilines is 1. The standard InChI is InChI=1S/C24H24N8O2S/c1-30-12-14(10-26-30)17-13-32-23(35-17)19-21(29-32)20-16(28-22(19)34)9-15(11-25-20)27-18(33)3-8-31-7-2-4-24(31)5-6-24/h9-13H,2-8H2,1H3,(H,27,33)(H,28,34). The lowest BCUT2D eigenvalue weighted by atomic mass is 10.2. The number of H-pyrrole nitrogens is 1. The molecule has 10 nitrogen and oxygen atoms in total. The summed E-state index contributed by atoms with van der Waals surface area (Å²) in [7, 11) is 1.87. The minimum Gasteiger partial charge on any atom is -0.325 e. The van der Waals surface area contributed by atoms with Crippen molar-refractivity contribution >= 4 is 49.7 Å². The number of fused-ring (bicyclic) bond motifs is 5. The van der Waals surface area contributed by atoms with Crippen molar-refractivity contribution in [3.8, 4) is 10.4 Å². The quantitative estimate of drug-likeness (QED) is 0.393. The van der Waals surface area contributed by atoms with E-state index in [4.69, 9.17) is 0 Å². The minimum absolute atomic E-state index is 0.0392. The van der Waals surface area contributed by atoms with Crippen LogP contribution in [0.15, 0.2) is 35.6 Å². The van der Waals surface area contributed by atoms with Crippen molar-refractivity contribution in [2.45, 2.75) is 37.6 Å². The van der Waals surface area contributed by atoms with Crippen molar-refractivity contribution in [3.63, 3.8) is 0 Å². The fourth-order valence-corrected chi connectivity index (χ4v) is 6.48. The number of pyridine rings is 2. The highest BCUT2D eigenvalue weighted by molar-refractivity contribution is 7.21. The third kappa shape index (κ3) is 3.37. The van der Waals surface area contributed by atoms with Gasteiger partial charge in [-0.3, -0.25) is 24.2 Å². The molecule has 0 aromatic carbocycles. The Morgan fingerprint density at radius 3 is 2.91 bits per heavy atom. The number of carbonyl (C=O) groups excluding carboxylic acids is 1. The maximum Gasteiger partial charge on any atom is 0.261 e. The van der Waals surface area contributed by atoms with Gasteiger partial charge in [0.05, 0.1) is 28.5 Å². The summed E-state index contributed by atoms with van der Waals surface area (Å²) in [5, 5.41) is 12.3. The highest BCUT2D eigenvalue weighted by Crippen LogP contribution is 2.49. The Balaban J connectivity index is 1.16. The lowest BCUT2D eigenvalue weighted by Gasteiger charge is -2.23. The summed E-state index contributed by atoms with van der Waals surface area (Å²) >= 11 is 1.49. The molecule has 0 unspecified atom stereocenters. The number of likely N-dealkylation sites (tertiary alicyclic amines) is 1. The van der Waals surface area contributed by atoms with Crippen LogP contribution in [0.4, 0.5) is 5.69 Å². The molecule has 35 heavy (non-hydrogen) atoms. The summed E-state index contributed by atoms with van der Waals surface area (Å²) in [4.78, 5) is 37.3. The predicted octanol–water partition coefficient (Wildman–Crippen LogP) is 3.14. The van der Waals surface area contributed by atoms with E-state index in [1.165, 1.54) is 37.0 Å². The number of hydrogen-bond donors (Lipinski definition) is 2. The van der Waals surface area contributed by atoms with Crippen LogP contribution < -0.4 is 10.9 Å². The number of nitrogens with zero attached hydrogens (tertiary/aromatic N) is 6. The zero-order chi connectivity index (χ0) is 23.7. The number of aromatic nitrogens is 6. The third-order valence-corrected chi connectivity index (χ3v) is 8.50. The van der Waals surface area contributed by atoms with E-state index in [1.54, 1.807) is 27.7 Å². The fraction of sp³-hybridized carbons (Fsp3) is 0.375. The molecule has 1 aliphatic carbocycles. The van der Waals surface area contributed by atoms with E-state index in [2.05, 4.69) is 30.4 Å². The van der Waals surface area contributed by atoms with Crippen LogP contribution >= 0.6 is 11.3 Å². The summed E-state index contributed by atoms with van der Waals surface area (Å²) < 4.78 is 3.47. The number of nitrogens with one attached hydrogen (secondary N) is 2. The summed E-state index contributed by atoms with van der Waals surface area (Å²) in [6, 6.07) is 1.76. The highest BCUT2D eigenvalue weighted by Gasteiger charge is 2.50. The van der Waals surface area contributed by atoms with Gasteiger partial charge in [0, 0.05) is 43.5 Å². The Labute approximate surface area is 203 Å². The summed E-state index contributed by atoms with van der Waals surface area (Å²) in [5.74, 6) is -0.0392. The first-order chi connectivity index (χ1) is 17.0. The van der Waals surface area contributed by atoms with Crippen LogP contribution in [-0.2, 0) is 11.8 Å². The average Bonchev–Trinajstić information content (AvgIpc) is 3.16. The molecule has 2 N–H and O–H groups in total. The smallest absolute Gasteiger partial charge is 0.261 e. The van der Waals surface area contributed by atoms with Gasteiger partial charge in [0.15, 0.2) is 0 Å². The number of aromatic amines is 1. The van der Waals surface area contributed by atoms with Crippen LogP contribution in [0.1, 0.15) is 32.1 Å². The number of thiazole rings is 1. The summed E-state index contributed by atoms with van der Waals surface area (Å²) in [5.41, 5.74) is 3.42. The van der Waals surface area contributed by atoms with Crippen LogP contribution in [0.3, 0.4) is 0 Å². The first kappa shape index (κ1) is 20.8. The molecular formula is C24H24N8O2S. The molecule has 1 saturated carbocycles. The Morgan fingerprint density at radius 2 is 2.11 bits per heavy atom. The average molecular weight is 489 g/mol. The molecule has 5 aromatic rings. The van der Waals surface area contributed by atoms with Gasteiger partial charge >= 0.3 is 0 Å². The van der Waals surface area contributed by atoms with Crippen LogP contribution in [-0.4, -0.2) is 58.8 Å². The largest absolute Gasteiger partial charge is 0.325 e. The molecule has 178 valence electrons. The summed E-state index contributed by atoms with van der Waals surface area (Å²) in [6.45, 7) is 1.88. The van der Waals surface area contributed by atoms with Crippen molar-refractivity contribution in [2.75, 3.05) is 18.4 Å². The van der Waals surface area contributed by atoms with Crippen molar-refractivity contribution < 1.29 is 4.79 Å². The normalized spacial score (nSPS) is 17.3. The zero-order valence-electron chi connectivity index (χ0n) is 19.2. The number of hydrogen-bond acceptors (Lipinski definition) is 7. The Kier molecular flexibility index (Phi) is 4.43. The van der Waals surface area contributed by atoms with E-state index in [1.807, 2.05) is 19.4 Å². The molecule has 0 atom stereocenters. The van der Waals surface area contributed by atoms with Crippen molar-refractivity contribution in [1.82, 2.24) is 34.3 Å². The third-order valence-electron chi connectivity index (χ3n) is 7.35. The van der Waals surface area contributed by atoms with Crippen LogP contribution in [0.2, 0.25) is 0 Å². The van der Waals surface area contributed by atoms with Gasteiger partial charge in [-0.15, -0.1) is 11.3 Å². The number of aryl methyl sites for hydroxylation is 1. The topological polar surface area (TPSA) is 113 Å². The fourth-order valence-electron chi connectivity index (χ4n) is 5.41. The Hall–Kier alpha value is -3.57. The number of carbonyl (C=O) groups is 1. The van der Waals surface area contributed by atoms with Gasteiger partial charge < -0.3 is 10.3 Å². The van der Waals surface area contributed by atoms with Gasteiger partial charge in [0.1, 0.15) is 21.3 Å². The van der Waals surface area contributed by atoms with Crippen molar-refractivity contribution in [3.05, 3.63) is 41.2 Å². The van der Waals surface area contributed by atoms with E-state index < -0.39 is 0 Å². The van der Waals surface area contributed by atoms with Gasteiger partial charge in [-0.05, 0) is 38.3 Å². The minimum atomic E-state index is -0.226. The van der Waals surface area contributed by atoms with E-state index in [9.17, 15) is 9.59 Å². The molecule has 1 amide bonds. The van der Waals surface area contributed by atoms with E-state index in [0.717, 1.165) is 28.4 Å². The molecule has 1 spiro atoms. The maximum atomic E-state index is 13.0. The van der Waals surface area contributed by atoms with Crippen molar-refractivity contribution in [1.29, 1.82) is 0 Å². The van der Waals surface area contributed by atoms with Gasteiger partial charge in [0.25, 0.3) is 5.56 Å². The van der Waals surface area contributed by atoms with E-state index >= 15 is 0 Å². The first-order valence-corrected chi connectivity index (χ1v) is 12.7. The van der Waals surface area contributed by atoms with Gasteiger partial charge in [-0.1, -0.05) is 0 Å². The second kappa shape index (κ2) is 7.46. The monoisotopic (exact) mass is 488 g/mol. The number of amides is 1. The predicted molar refractivity (Wildman–Crippen MR) is 135 cm³/mol. The Morgan fingerprint density at radius 1 is 1.23 bits per heavy atom. The molecule has 2 fully saturated rings. The molecule has 6 heterocycles. The van der Waals surface area contributed by atoms with Crippen molar-refractivity contribution in [2.24, 2.45) is 7.05 Å². The Bertz CT molecular complexity index is 1690. The SMILES string of the molecule is Cn1cc(-c2cn3nc4c5ncc(NC(=O)CCN6CCCC67CC7)cc5[nH]c(=O)c4c3s2)cn1. The molecule has 2 aliphatic rings. The molecular weight excluding hydrogens is 464 g/mol. The van der Waals surface area contributed by atoms with Gasteiger partial charge in [0.2, 0.25) is 5.91 Å². The maximum absolute atomic E-state index is 13.0. The second-order valence-corrected chi connectivity index (χ2v) is 10.7. The van der Waals surface area contributed by atoms with Gasteiger partial charge in [-0.25, -0.2) is 4.52 Å². The van der Waals surface area contributed by atoms with Crippen LogP contribution in [0.5, 0.6) is 0 Å². The van der Waals surface area contributed by atoms with E-state index in [-0.39, 0.29) is 11.5 Å². The molecule has 7 rings (SSSR count). The molecule has 1 saturated heterocycles. The molecule has 1 aliphatic heterocycles. The van der Waals surface area contributed by atoms with Crippen LogP contribution in [0, 0.1) is 0 Å². The summed E-state index contributed by atoms with van der Waals surface area (Å²) in [6.07, 6.45) is 12.7. The zero-order valence-corrected chi connectivity index (χ0v) is 20.1. The van der Waals surface area contributed by atoms with Gasteiger partial charge in [-0.2, -0.15) is 10.2 Å². The molecule has 0 bridgehead atoms. The molecule has 11 heteroatoms. The lowest BCUT2D eigenvalue weighted by Crippen LogP contribution is -2.33. The molecule has 0 radical (unpaired) electrons. The highest BCUT2D eigenvalue weighted by atomic mass is 32.1. The second-order valence-electron chi connectivity index (χ2n) is 9.66. The van der Waals surface area contributed by atoms with Crippen LogP contribution in [0.25, 0.3) is 37.2 Å².